The summed E-state index contributed by atoms with van der Waals surface area (Å²) in [5.41, 5.74) is 1.21. The Morgan fingerprint density at radius 2 is 1.79 bits per heavy atom. The maximum atomic E-state index is 13.7. The van der Waals surface area contributed by atoms with Crippen molar-refractivity contribution in [2.75, 3.05) is 14.2 Å². The second-order valence-corrected chi connectivity index (χ2v) is 10.7. The van der Waals surface area contributed by atoms with Crippen LogP contribution in [0.4, 0.5) is 0 Å². The van der Waals surface area contributed by atoms with Crippen LogP contribution in [0.15, 0.2) is 65.7 Å². The molecule has 8 heteroatoms. The van der Waals surface area contributed by atoms with E-state index in [0.717, 1.165) is 41.9 Å². The van der Waals surface area contributed by atoms with E-state index >= 15 is 0 Å². The van der Waals surface area contributed by atoms with Crippen LogP contribution in [0.3, 0.4) is 0 Å². The Morgan fingerprint density at radius 3 is 2.53 bits per heavy atom. The third-order valence-electron chi connectivity index (χ3n) is 7.24. The van der Waals surface area contributed by atoms with E-state index in [0.29, 0.717) is 23.5 Å². The molecule has 2 aromatic carbocycles. The summed E-state index contributed by atoms with van der Waals surface area (Å²) in [7, 11) is 3.05. The molecule has 1 atom stereocenters. The Balaban J connectivity index is 1.41. The van der Waals surface area contributed by atoms with Crippen molar-refractivity contribution in [3.05, 3.63) is 81.7 Å². The molecule has 2 N–H and O–H groups in total. The van der Waals surface area contributed by atoms with Gasteiger partial charge in [-0.2, -0.15) is 0 Å². The van der Waals surface area contributed by atoms with Crippen molar-refractivity contribution in [3.8, 4) is 17.2 Å². The zero-order valence-corrected chi connectivity index (χ0v) is 22.4. The molecule has 1 spiro atoms. The summed E-state index contributed by atoms with van der Waals surface area (Å²) in [5.74, 6) is 1.01. The molecule has 2 heterocycles. The summed E-state index contributed by atoms with van der Waals surface area (Å²) in [6.45, 7) is 0. The minimum atomic E-state index is -0.417. The van der Waals surface area contributed by atoms with Crippen LogP contribution in [0.5, 0.6) is 17.2 Å². The number of benzene rings is 2. The lowest BCUT2D eigenvalue weighted by Crippen LogP contribution is -2.47. The molecule has 1 aliphatic carbocycles. The lowest BCUT2D eigenvalue weighted by atomic mass is 9.77. The van der Waals surface area contributed by atoms with E-state index in [4.69, 9.17) is 14.2 Å². The van der Waals surface area contributed by atoms with E-state index in [1.165, 1.54) is 32.0 Å². The molecule has 1 aliphatic heterocycles. The van der Waals surface area contributed by atoms with E-state index in [9.17, 15) is 9.59 Å². The number of hydrogen-bond acceptors (Lipinski definition) is 6. The zero-order chi connectivity index (χ0) is 26.5. The molecular formula is C30H32N2O5S. The Bertz CT molecular complexity index is 1330. The van der Waals surface area contributed by atoms with Crippen LogP contribution in [0.1, 0.15) is 65.4 Å². The van der Waals surface area contributed by atoms with Gasteiger partial charge >= 0.3 is 0 Å². The summed E-state index contributed by atoms with van der Waals surface area (Å²) >= 11 is 1.49. The molecular weight excluding hydrogens is 500 g/mol. The first kappa shape index (κ1) is 25.9. The third-order valence-corrected chi connectivity index (χ3v) is 8.05. The second kappa shape index (κ2) is 11.3. The largest absolute Gasteiger partial charge is 0.493 e. The second-order valence-electron chi connectivity index (χ2n) is 9.71. The highest BCUT2D eigenvalue weighted by molar-refractivity contribution is 7.10. The van der Waals surface area contributed by atoms with E-state index in [1.54, 1.807) is 24.3 Å². The summed E-state index contributed by atoms with van der Waals surface area (Å²) in [6, 6.07) is 16.4. The number of amides is 2. The molecule has 0 unspecified atom stereocenters. The van der Waals surface area contributed by atoms with E-state index in [1.807, 2.05) is 41.8 Å². The molecule has 0 radical (unpaired) electrons. The quantitative estimate of drug-likeness (QED) is 0.371. The maximum absolute atomic E-state index is 13.7. The monoisotopic (exact) mass is 532 g/mol. The van der Waals surface area contributed by atoms with Crippen molar-refractivity contribution >= 4 is 29.2 Å². The number of thiophene rings is 1. The summed E-state index contributed by atoms with van der Waals surface area (Å²) < 4.78 is 17.1. The van der Waals surface area contributed by atoms with Crippen LogP contribution >= 0.6 is 11.3 Å². The number of hydrogen-bond donors (Lipinski definition) is 2. The molecule has 1 fully saturated rings. The maximum Gasteiger partial charge on any atom is 0.268 e. The SMILES string of the molecule is COc1ccc(C(=O)N/C(=C\c2cccs2)C(=O)N[C@@H]2CC3(CCCCC3)Oc3ccccc32)cc1OC. The zero-order valence-electron chi connectivity index (χ0n) is 21.6. The molecule has 38 heavy (non-hydrogen) atoms. The van der Waals surface area contributed by atoms with Crippen LogP contribution in [-0.2, 0) is 4.79 Å². The Morgan fingerprint density at radius 1 is 1.00 bits per heavy atom. The lowest BCUT2D eigenvalue weighted by Gasteiger charge is -2.44. The first-order valence-electron chi connectivity index (χ1n) is 12.9. The third kappa shape index (κ3) is 5.55. The molecule has 3 aromatic rings. The Kier molecular flexibility index (Phi) is 7.69. The van der Waals surface area contributed by atoms with Gasteiger partial charge in [0.25, 0.3) is 11.8 Å². The highest BCUT2D eigenvalue weighted by Crippen LogP contribution is 2.46. The van der Waals surface area contributed by atoms with Gasteiger partial charge in [0.1, 0.15) is 17.0 Å². The topological polar surface area (TPSA) is 85.9 Å². The number of nitrogens with one attached hydrogen (secondary N) is 2. The number of ether oxygens (including phenoxy) is 3. The molecule has 198 valence electrons. The van der Waals surface area contributed by atoms with Gasteiger partial charge in [0.2, 0.25) is 0 Å². The normalized spacial score (nSPS) is 18.2. The van der Waals surface area contributed by atoms with Gasteiger partial charge in [-0.05, 0) is 67.5 Å². The number of methoxy groups -OCH3 is 2. The smallest absolute Gasteiger partial charge is 0.268 e. The van der Waals surface area contributed by atoms with Crippen LogP contribution < -0.4 is 24.8 Å². The van der Waals surface area contributed by atoms with Crippen molar-refractivity contribution in [2.45, 2.75) is 50.2 Å². The number of para-hydroxylation sites is 1. The van der Waals surface area contributed by atoms with E-state index in [-0.39, 0.29) is 23.2 Å². The molecule has 2 amide bonds. The van der Waals surface area contributed by atoms with E-state index < -0.39 is 5.91 Å². The van der Waals surface area contributed by atoms with Crippen molar-refractivity contribution < 1.29 is 23.8 Å². The molecule has 1 aromatic heterocycles. The number of rotatable bonds is 7. The van der Waals surface area contributed by atoms with Gasteiger partial charge in [-0.1, -0.05) is 30.7 Å². The average Bonchev–Trinajstić information content (AvgIpc) is 3.45. The van der Waals surface area contributed by atoms with Gasteiger partial charge in [-0.15, -0.1) is 11.3 Å². The molecule has 0 saturated heterocycles. The lowest BCUT2D eigenvalue weighted by molar-refractivity contribution is -0.119. The van der Waals surface area contributed by atoms with Crippen molar-refractivity contribution in [1.82, 2.24) is 10.6 Å². The van der Waals surface area contributed by atoms with Gasteiger partial charge in [-0.3, -0.25) is 9.59 Å². The fourth-order valence-corrected chi connectivity index (χ4v) is 5.99. The van der Waals surface area contributed by atoms with Crippen LogP contribution in [0.2, 0.25) is 0 Å². The molecule has 2 aliphatic rings. The molecule has 5 rings (SSSR count). The Labute approximate surface area is 226 Å². The van der Waals surface area contributed by atoms with Crippen molar-refractivity contribution in [2.24, 2.45) is 0 Å². The van der Waals surface area contributed by atoms with Gasteiger partial charge in [0.05, 0.1) is 20.3 Å². The van der Waals surface area contributed by atoms with Crippen LogP contribution in [0.25, 0.3) is 6.08 Å². The number of carbonyl (C=O) groups is 2. The summed E-state index contributed by atoms with van der Waals surface area (Å²) in [6.07, 6.45) is 7.80. The molecule has 1 saturated carbocycles. The van der Waals surface area contributed by atoms with Gasteiger partial charge in [0.15, 0.2) is 11.5 Å². The first-order valence-corrected chi connectivity index (χ1v) is 13.8. The van der Waals surface area contributed by atoms with Gasteiger partial charge in [-0.25, -0.2) is 0 Å². The van der Waals surface area contributed by atoms with Crippen LogP contribution in [-0.4, -0.2) is 31.6 Å². The highest BCUT2D eigenvalue weighted by Gasteiger charge is 2.42. The minimum absolute atomic E-state index is 0.175. The Hall–Kier alpha value is -3.78. The fraction of sp³-hybridized carbons (Fsp3) is 0.333. The fourth-order valence-electron chi connectivity index (χ4n) is 5.33. The predicted octanol–water partition coefficient (Wildman–Crippen LogP) is 5.88. The molecule has 7 nitrogen and oxygen atoms in total. The standard InChI is InChI=1S/C30H32N2O5S/c1-35-26-13-12-20(17-27(26)36-2)28(33)31-23(18-21-9-8-16-38-21)29(34)32-24-19-30(14-6-3-7-15-30)37-25-11-5-4-10-22(24)25/h4-5,8-13,16-18,24H,3,6-7,14-15,19H2,1-2H3,(H,31,33)(H,32,34)/b23-18-/t24-/m1/s1. The van der Waals surface area contributed by atoms with Crippen molar-refractivity contribution in [3.63, 3.8) is 0 Å². The van der Waals surface area contributed by atoms with Gasteiger partial charge in [0, 0.05) is 22.4 Å². The number of carbonyl (C=O) groups excluding carboxylic acids is 2. The molecule has 0 bridgehead atoms. The van der Waals surface area contributed by atoms with E-state index in [2.05, 4.69) is 10.6 Å². The summed E-state index contributed by atoms with van der Waals surface area (Å²) in [5, 5.41) is 7.98. The average molecular weight is 533 g/mol. The number of fused-ring (bicyclic) bond motifs is 1. The van der Waals surface area contributed by atoms with Crippen molar-refractivity contribution in [1.29, 1.82) is 0 Å². The van der Waals surface area contributed by atoms with Crippen LogP contribution in [0, 0.1) is 0 Å². The predicted molar refractivity (Wildman–Crippen MR) is 148 cm³/mol. The summed E-state index contributed by atoms with van der Waals surface area (Å²) in [4.78, 5) is 27.8. The highest BCUT2D eigenvalue weighted by atomic mass is 32.1. The first-order chi connectivity index (χ1) is 18.5. The van der Waals surface area contributed by atoms with Gasteiger partial charge < -0.3 is 24.8 Å². The minimum Gasteiger partial charge on any atom is -0.493 e.